The summed E-state index contributed by atoms with van der Waals surface area (Å²) in [4.78, 5) is 26.8. The quantitative estimate of drug-likeness (QED) is 0.198. The minimum Gasteiger partial charge on any atom is -0.463 e. The molecule has 1 unspecified atom stereocenters. The van der Waals surface area contributed by atoms with Crippen molar-refractivity contribution in [3.8, 4) is 5.75 Å². The van der Waals surface area contributed by atoms with Gasteiger partial charge in [-0.3, -0.25) is 4.79 Å². The number of carbonyl (C=O) groups is 2. The summed E-state index contributed by atoms with van der Waals surface area (Å²) >= 11 is 0. The van der Waals surface area contributed by atoms with Crippen LogP contribution in [0.2, 0.25) is 0 Å². The molecule has 0 radical (unpaired) electrons. The molecule has 1 atom stereocenters. The summed E-state index contributed by atoms with van der Waals surface area (Å²) in [6.45, 7) is 11.4. The van der Waals surface area contributed by atoms with Crippen molar-refractivity contribution in [3.63, 3.8) is 0 Å². The van der Waals surface area contributed by atoms with Gasteiger partial charge in [0.15, 0.2) is 0 Å². The van der Waals surface area contributed by atoms with Gasteiger partial charge in [-0.25, -0.2) is 4.79 Å². The van der Waals surface area contributed by atoms with Crippen molar-refractivity contribution in [3.05, 3.63) is 29.3 Å². The maximum Gasteiger partial charge on any atom is 0.331 e. The van der Waals surface area contributed by atoms with Crippen molar-refractivity contribution in [2.24, 2.45) is 0 Å². The standard InChI is InChI=1S/C27H39NO4/c1-6-8-9-10-13-27(4,5)21-17-23-26(24(18-21)32-19(3)29)20(16-25(30)31-7-2)15-22-12-11-14-28(22)23/h16-18,22H,6-15H2,1-5H3. The summed E-state index contributed by atoms with van der Waals surface area (Å²) in [6, 6.07) is 4.67. The molecule has 2 aliphatic rings. The molecule has 0 amide bonds. The number of hydrogen-bond donors (Lipinski definition) is 0. The Morgan fingerprint density at radius 2 is 1.97 bits per heavy atom. The summed E-state index contributed by atoms with van der Waals surface area (Å²) < 4.78 is 11.0. The first kappa shape index (κ1) is 24.3. The molecule has 2 aliphatic heterocycles. The van der Waals surface area contributed by atoms with Gasteiger partial charge in [0.1, 0.15) is 5.75 Å². The molecule has 0 saturated carbocycles. The van der Waals surface area contributed by atoms with Gasteiger partial charge in [-0.2, -0.15) is 0 Å². The van der Waals surface area contributed by atoms with Crippen molar-refractivity contribution in [2.75, 3.05) is 18.1 Å². The Balaban J connectivity index is 2.08. The van der Waals surface area contributed by atoms with Crippen LogP contribution < -0.4 is 9.64 Å². The molecule has 1 fully saturated rings. The van der Waals surface area contributed by atoms with Crippen LogP contribution in [0.25, 0.3) is 5.57 Å². The van der Waals surface area contributed by atoms with E-state index in [1.165, 1.54) is 38.2 Å². The fourth-order valence-corrected chi connectivity index (χ4v) is 5.09. The Morgan fingerprint density at radius 1 is 1.19 bits per heavy atom. The van der Waals surface area contributed by atoms with Crippen molar-refractivity contribution in [1.29, 1.82) is 0 Å². The van der Waals surface area contributed by atoms with Crippen molar-refractivity contribution >= 4 is 23.2 Å². The zero-order chi connectivity index (χ0) is 23.3. The molecule has 5 nitrogen and oxygen atoms in total. The molecule has 1 aromatic rings. The van der Waals surface area contributed by atoms with Crippen LogP contribution in [0.15, 0.2) is 18.2 Å². The fourth-order valence-electron chi connectivity index (χ4n) is 5.09. The van der Waals surface area contributed by atoms with Crippen LogP contribution in [0.3, 0.4) is 0 Å². The summed E-state index contributed by atoms with van der Waals surface area (Å²) in [5.41, 5.74) is 4.02. The smallest absolute Gasteiger partial charge is 0.331 e. The zero-order valence-electron chi connectivity index (χ0n) is 20.5. The number of benzene rings is 1. The van der Waals surface area contributed by atoms with E-state index in [0.717, 1.165) is 49.1 Å². The van der Waals surface area contributed by atoms with Gasteiger partial charge in [-0.15, -0.1) is 0 Å². The average Bonchev–Trinajstić information content (AvgIpc) is 3.19. The van der Waals surface area contributed by atoms with Gasteiger partial charge in [0.2, 0.25) is 0 Å². The summed E-state index contributed by atoms with van der Waals surface area (Å²) in [6.07, 6.45) is 10.6. The predicted octanol–water partition coefficient (Wildman–Crippen LogP) is 6.18. The lowest BCUT2D eigenvalue weighted by atomic mass is 9.78. The van der Waals surface area contributed by atoms with Crippen LogP contribution in [0.4, 0.5) is 5.69 Å². The maximum absolute atomic E-state index is 12.3. The number of esters is 2. The molecule has 0 bridgehead atoms. The Hall–Kier alpha value is -2.30. The van der Waals surface area contributed by atoms with Crippen LogP contribution in [0, 0.1) is 0 Å². The second kappa shape index (κ2) is 10.5. The van der Waals surface area contributed by atoms with Gasteiger partial charge >= 0.3 is 11.9 Å². The third-order valence-electron chi connectivity index (χ3n) is 6.81. The number of fused-ring (bicyclic) bond motifs is 3. The SMILES string of the molecule is CCCCCCC(C)(C)c1cc(OC(C)=O)c2c(c1)N1CCCC1CC2=CC(=O)OCC. The normalized spacial score (nSPS) is 19.0. The highest BCUT2D eigenvalue weighted by Gasteiger charge is 2.36. The summed E-state index contributed by atoms with van der Waals surface area (Å²) in [5, 5.41) is 0. The number of ether oxygens (including phenoxy) is 2. The van der Waals surface area contributed by atoms with Crippen LogP contribution in [0.1, 0.15) is 97.1 Å². The molecule has 0 aliphatic carbocycles. The molecule has 1 aromatic carbocycles. The Labute approximate surface area is 193 Å². The van der Waals surface area contributed by atoms with E-state index in [2.05, 4.69) is 31.7 Å². The van der Waals surface area contributed by atoms with E-state index in [0.29, 0.717) is 18.4 Å². The van der Waals surface area contributed by atoms with E-state index < -0.39 is 0 Å². The summed E-state index contributed by atoms with van der Waals surface area (Å²) in [7, 11) is 0. The molecule has 32 heavy (non-hydrogen) atoms. The number of nitrogens with zero attached hydrogens (tertiary/aromatic N) is 1. The number of carbonyl (C=O) groups excluding carboxylic acids is 2. The molecule has 0 spiro atoms. The lowest BCUT2D eigenvalue weighted by Gasteiger charge is -2.38. The van der Waals surface area contributed by atoms with Gasteiger partial charge in [-0.05, 0) is 61.3 Å². The highest BCUT2D eigenvalue weighted by Crippen LogP contribution is 2.48. The maximum atomic E-state index is 12.3. The third kappa shape index (κ3) is 5.54. The van der Waals surface area contributed by atoms with Crippen LogP contribution in [-0.2, 0) is 19.7 Å². The van der Waals surface area contributed by atoms with E-state index in [-0.39, 0.29) is 17.4 Å². The highest BCUT2D eigenvalue weighted by atomic mass is 16.5. The molecule has 176 valence electrons. The van der Waals surface area contributed by atoms with Crippen molar-refractivity contribution in [2.45, 2.75) is 97.4 Å². The molecule has 2 heterocycles. The minimum atomic E-state index is -0.343. The number of rotatable bonds is 9. The third-order valence-corrected chi connectivity index (χ3v) is 6.81. The van der Waals surface area contributed by atoms with Crippen LogP contribution >= 0.6 is 0 Å². The van der Waals surface area contributed by atoms with Crippen LogP contribution in [-0.4, -0.2) is 31.1 Å². The number of anilines is 1. The van der Waals surface area contributed by atoms with E-state index in [9.17, 15) is 9.59 Å². The van der Waals surface area contributed by atoms with Gasteiger partial charge in [0, 0.05) is 36.8 Å². The van der Waals surface area contributed by atoms with Gasteiger partial charge < -0.3 is 14.4 Å². The van der Waals surface area contributed by atoms with E-state index >= 15 is 0 Å². The Kier molecular flexibility index (Phi) is 8.02. The van der Waals surface area contributed by atoms with E-state index in [1.54, 1.807) is 6.08 Å². The first-order chi connectivity index (χ1) is 15.3. The average molecular weight is 442 g/mol. The Bertz CT molecular complexity index is 871. The molecule has 1 saturated heterocycles. The highest BCUT2D eigenvalue weighted by molar-refractivity contribution is 5.97. The molecule has 0 N–H and O–H groups in total. The fraction of sp³-hybridized carbons (Fsp3) is 0.630. The second-order valence-electron chi connectivity index (χ2n) is 9.77. The first-order valence-corrected chi connectivity index (χ1v) is 12.3. The topological polar surface area (TPSA) is 55.8 Å². The molecular weight excluding hydrogens is 402 g/mol. The Morgan fingerprint density at radius 3 is 2.66 bits per heavy atom. The van der Waals surface area contributed by atoms with Gasteiger partial charge in [0.05, 0.1) is 6.61 Å². The lowest BCUT2D eigenvalue weighted by molar-refractivity contribution is -0.137. The van der Waals surface area contributed by atoms with Crippen molar-refractivity contribution < 1.29 is 19.1 Å². The predicted molar refractivity (Wildman–Crippen MR) is 129 cm³/mol. The molecular formula is C27H39NO4. The van der Waals surface area contributed by atoms with E-state index in [1.807, 2.05) is 13.0 Å². The number of unbranched alkanes of at least 4 members (excludes halogenated alkanes) is 3. The van der Waals surface area contributed by atoms with Crippen molar-refractivity contribution in [1.82, 2.24) is 0 Å². The number of hydrogen-bond acceptors (Lipinski definition) is 5. The molecule has 5 heteroatoms. The van der Waals surface area contributed by atoms with Gasteiger partial charge in [-0.1, -0.05) is 46.5 Å². The molecule has 0 aromatic heterocycles. The van der Waals surface area contributed by atoms with Gasteiger partial charge in [0.25, 0.3) is 0 Å². The zero-order valence-corrected chi connectivity index (χ0v) is 20.5. The second-order valence-corrected chi connectivity index (χ2v) is 9.77. The minimum absolute atomic E-state index is 0.0324. The van der Waals surface area contributed by atoms with E-state index in [4.69, 9.17) is 9.47 Å². The monoisotopic (exact) mass is 441 g/mol. The van der Waals surface area contributed by atoms with Crippen LogP contribution in [0.5, 0.6) is 5.75 Å². The lowest BCUT2D eigenvalue weighted by Crippen LogP contribution is -2.34. The largest absolute Gasteiger partial charge is 0.463 e. The molecule has 3 rings (SSSR count). The first-order valence-electron chi connectivity index (χ1n) is 12.3. The summed E-state index contributed by atoms with van der Waals surface area (Å²) in [5.74, 6) is -0.120.